The summed E-state index contributed by atoms with van der Waals surface area (Å²) in [7, 11) is -2.86. The molecule has 1 N–H and O–H groups in total. The van der Waals surface area contributed by atoms with Crippen molar-refractivity contribution >= 4 is 27.8 Å². The van der Waals surface area contributed by atoms with Gasteiger partial charge in [0.1, 0.15) is 5.54 Å². The topological polar surface area (TPSA) is 119 Å². The van der Waals surface area contributed by atoms with E-state index in [1.54, 1.807) is 24.8 Å². The minimum atomic E-state index is -4.15. The number of esters is 1. The second-order valence-corrected chi connectivity index (χ2v) is 14.3. The number of fused-ring (bicyclic) bond motifs is 4. The average molecular weight is 593 g/mol. The highest BCUT2D eigenvalue weighted by molar-refractivity contribution is 7.92. The third kappa shape index (κ3) is 6.48. The Kier molecular flexibility index (Phi) is 8.51. The summed E-state index contributed by atoms with van der Waals surface area (Å²) in [5.74, 6) is -1.06. The fourth-order valence-corrected chi connectivity index (χ4v) is 6.69. The van der Waals surface area contributed by atoms with Crippen LogP contribution in [0.3, 0.4) is 0 Å². The zero-order chi connectivity index (χ0) is 31.0. The molecule has 10 heteroatoms. The van der Waals surface area contributed by atoms with E-state index in [1.807, 2.05) is 38.1 Å². The number of nitrogens with one attached hydrogen (secondary N) is 1. The van der Waals surface area contributed by atoms with E-state index >= 15 is 0 Å². The molecule has 224 valence electrons. The Morgan fingerprint density at radius 3 is 2.29 bits per heavy atom. The fourth-order valence-electron chi connectivity index (χ4n) is 5.70. The maximum atomic E-state index is 14.3. The quantitative estimate of drug-likeness (QED) is 0.386. The standard InChI is InChI=1S/C32H40N4O5S/c1-20-11-9-12-21(2)27(20)26-18-23-15-16-24(19-31(3,4)5)36(32(6,7)29(38)41-8)28(37)22-13-10-14-25(17-22)42(39,40)35-30(33-23)34-26/h9-14,17-18,24H,15-16,19H2,1-8H3,(H,33,34,35)/t24-/m0/s1. The van der Waals surface area contributed by atoms with Crippen LogP contribution in [-0.2, 0) is 26.0 Å². The second-order valence-electron chi connectivity index (χ2n) is 12.7. The number of aromatic nitrogens is 2. The molecular formula is C32H40N4O5S. The number of methoxy groups -OCH3 is 1. The SMILES string of the molecule is COC(=O)C(C)(C)N1C(=O)c2cccc(c2)S(=O)(=O)Nc2nc(cc(-c3c(C)cccc3C)n2)CC[C@H]1CC(C)(C)C. The number of carbonyl (C=O) groups is 2. The van der Waals surface area contributed by atoms with Crippen LogP contribution < -0.4 is 4.72 Å². The molecule has 1 aliphatic rings. The van der Waals surface area contributed by atoms with Crippen LogP contribution in [0, 0.1) is 19.3 Å². The van der Waals surface area contributed by atoms with Gasteiger partial charge in [-0.2, -0.15) is 0 Å². The first-order valence-corrected chi connectivity index (χ1v) is 15.5. The van der Waals surface area contributed by atoms with Crippen LogP contribution in [0.4, 0.5) is 5.95 Å². The number of nitrogens with zero attached hydrogens (tertiary/aromatic N) is 3. The van der Waals surface area contributed by atoms with Gasteiger partial charge >= 0.3 is 5.97 Å². The van der Waals surface area contributed by atoms with E-state index in [1.165, 1.54) is 25.3 Å². The first kappa shape index (κ1) is 31.2. The minimum Gasteiger partial charge on any atom is -0.467 e. The van der Waals surface area contributed by atoms with E-state index in [9.17, 15) is 18.0 Å². The van der Waals surface area contributed by atoms with Gasteiger partial charge in [0.25, 0.3) is 15.9 Å². The lowest BCUT2D eigenvalue weighted by Gasteiger charge is -2.44. The number of hydrogen-bond acceptors (Lipinski definition) is 7. The molecule has 42 heavy (non-hydrogen) atoms. The lowest BCUT2D eigenvalue weighted by atomic mass is 9.83. The van der Waals surface area contributed by atoms with Gasteiger partial charge in [-0.15, -0.1) is 0 Å². The van der Waals surface area contributed by atoms with Crippen LogP contribution in [0.5, 0.6) is 0 Å². The number of carbonyl (C=O) groups excluding carboxylic acids is 2. The van der Waals surface area contributed by atoms with E-state index < -0.39 is 33.5 Å². The van der Waals surface area contributed by atoms with Crippen molar-refractivity contribution in [3.05, 3.63) is 70.9 Å². The molecule has 4 rings (SSSR count). The summed E-state index contributed by atoms with van der Waals surface area (Å²) < 4.78 is 34.8. The van der Waals surface area contributed by atoms with E-state index in [-0.39, 0.29) is 21.8 Å². The van der Waals surface area contributed by atoms with Crippen molar-refractivity contribution in [3.8, 4) is 11.3 Å². The monoisotopic (exact) mass is 592 g/mol. The first-order valence-electron chi connectivity index (χ1n) is 14.0. The maximum absolute atomic E-state index is 14.3. The van der Waals surface area contributed by atoms with Crippen molar-refractivity contribution in [2.24, 2.45) is 5.41 Å². The predicted octanol–water partition coefficient (Wildman–Crippen LogP) is 5.71. The Bertz CT molecular complexity index is 1610. The summed E-state index contributed by atoms with van der Waals surface area (Å²) >= 11 is 0. The lowest BCUT2D eigenvalue weighted by molar-refractivity contribution is -0.153. The molecule has 0 unspecified atom stereocenters. The molecule has 0 aliphatic carbocycles. The first-order chi connectivity index (χ1) is 19.5. The number of aryl methyl sites for hydroxylation is 3. The zero-order valence-corrected chi connectivity index (χ0v) is 26.4. The number of benzene rings is 2. The number of hydrogen-bond donors (Lipinski definition) is 1. The molecule has 9 nitrogen and oxygen atoms in total. The Labute approximate surface area is 248 Å². The third-order valence-electron chi connectivity index (χ3n) is 7.59. The molecule has 4 bridgehead atoms. The van der Waals surface area contributed by atoms with Gasteiger partial charge in [0.2, 0.25) is 5.95 Å². The zero-order valence-electron chi connectivity index (χ0n) is 25.6. The Morgan fingerprint density at radius 1 is 1.02 bits per heavy atom. The molecule has 0 radical (unpaired) electrons. The van der Waals surface area contributed by atoms with Crippen molar-refractivity contribution in [1.82, 2.24) is 14.9 Å². The van der Waals surface area contributed by atoms with E-state index in [2.05, 4.69) is 35.5 Å². The number of anilines is 1. The van der Waals surface area contributed by atoms with Crippen LogP contribution in [0.15, 0.2) is 53.4 Å². The highest BCUT2D eigenvalue weighted by Gasteiger charge is 2.44. The number of sulfonamides is 1. The second kappa shape index (κ2) is 11.5. The molecule has 0 spiro atoms. The molecule has 3 aromatic rings. The summed E-state index contributed by atoms with van der Waals surface area (Å²) in [6.45, 7) is 13.5. The predicted molar refractivity (Wildman–Crippen MR) is 163 cm³/mol. The number of ether oxygens (including phenoxy) is 1. The summed E-state index contributed by atoms with van der Waals surface area (Å²) in [6, 6.07) is 13.2. The highest BCUT2D eigenvalue weighted by Crippen LogP contribution is 2.34. The molecule has 1 amide bonds. The van der Waals surface area contributed by atoms with Crippen molar-refractivity contribution in [2.45, 2.75) is 84.2 Å². The van der Waals surface area contributed by atoms with E-state index in [0.717, 1.165) is 16.7 Å². The van der Waals surface area contributed by atoms with Crippen molar-refractivity contribution in [2.75, 3.05) is 11.8 Å². The summed E-state index contributed by atoms with van der Waals surface area (Å²) in [5.41, 5.74) is 2.74. The largest absolute Gasteiger partial charge is 0.467 e. The number of rotatable bonds is 4. The highest BCUT2D eigenvalue weighted by atomic mass is 32.2. The smallest absolute Gasteiger partial charge is 0.331 e. The minimum absolute atomic E-state index is 0.0414. The number of amides is 1. The van der Waals surface area contributed by atoms with Crippen LogP contribution in [0.1, 0.15) is 74.6 Å². The fraction of sp³-hybridized carbons (Fsp3) is 0.438. The van der Waals surface area contributed by atoms with Gasteiger partial charge in [0, 0.05) is 22.9 Å². The van der Waals surface area contributed by atoms with Crippen molar-refractivity contribution in [1.29, 1.82) is 0 Å². The van der Waals surface area contributed by atoms with Gasteiger partial charge in [-0.3, -0.25) is 4.79 Å². The van der Waals surface area contributed by atoms with Gasteiger partial charge in [-0.05, 0) is 87.8 Å². The van der Waals surface area contributed by atoms with Crippen LogP contribution in [0.2, 0.25) is 0 Å². The Hall–Kier alpha value is -3.79. The van der Waals surface area contributed by atoms with Crippen molar-refractivity contribution < 1.29 is 22.7 Å². The molecule has 0 saturated heterocycles. The van der Waals surface area contributed by atoms with E-state index in [4.69, 9.17) is 4.74 Å². The van der Waals surface area contributed by atoms with E-state index in [0.29, 0.717) is 30.7 Å². The van der Waals surface area contributed by atoms with Gasteiger partial charge in [-0.1, -0.05) is 45.0 Å². The Balaban J connectivity index is 1.98. The molecule has 1 aromatic heterocycles. The van der Waals surface area contributed by atoms with Crippen molar-refractivity contribution in [3.63, 3.8) is 0 Å². The van der Waals surface area contributed by atoms with Crippen LogP contribution in [-0.4, -0.2) is 53.9 Å². The normalized spacial score (nSPS) is 17.4. The third-order valence-corrected chi connectivity index (χ3v) is 8.91. The molecule has 2 aromatic carbocycles. The van der Waals surface area contributed by atoms with Gasteiger partial charge < -0.3 is 9.64 Å². The van der Waals surface area contributed by atoms with Gasteiger partial charge in [-0.25, -0.2) is 27.9 Å². The molecular weight excluding hydrogens is 552 g/mol. The maximum Gasteiger partial charge on any atom is 0.331 e. The lowest BCUT2D eigenvalue weighted by Crippen LogP contribution is -2.58. The van der Waals surface area contributed by atoms with Crippen LogP contribution >= 0.6 is 0 Å². The molecule has 0 saturated carbocycles. The molecule has 2 heterocycles. The van der Waals surface area contributed by atoms with Gasteiger partial charge in [0.05, 0.1) is 17.7 Å². The summed E-state index contributed by atoms with van der Waals surface area (Å²) in [6.07, 6.45) is 1.46. The summed E-state index contributed by atoms with van der Waals surface area (Å²) in [4.78, 5) is 38.1. The summed E-state index contributed by atoms with van der Waals surface area (Å²) in [5, 5.41) is 0. The van der Waals surface area contributed by atoms with Gasteiger partial charge in [0.15, 0.2) is 0 Å². The molecule has 1 atom stereocenters. The Morgan fingerprint density at radius 2 is 1.67 bits per heavy atom. The van der Waals surface area contributed by atoms with Crippen LogP contribution in [0.25, 0.3) is 11.3 Å². The molecule has 0 fully saturated rings. The molecule has 1 aliphatic heterocycles. The average Bonchev–Trinajstić information content (AvgIpc) is 2.89.